The summed E-state index contributed by atoms with van der Waals surface area (Å²) in [5.41, 5.74) is 1.39. The summed E-state index contributed by atoms with van der Waals surface area (Å²) in [7, 11) is 1.66. The lowest BCUT2D eigenvalue weighted by Crippen LogP contribution is -2.26. The fourth-order valence-corrected chi connectivity index (χ4v) is 5.32. The Balaban J connectivity index is 1.44. The number of halogens is 2. The summed E-state index contributed by atoms with van der Waals surface area (Å²) in [6.07, 6.45) is 16.7. The maximum absolute atomic E-state index is 15.1. The summed E-state index contributed by atoms with van der Waals surface area (Å²) in [4.78, 5) is 0. The Morgan fingerprint density at radius 2 is 1.37 bits per heavy atom. The number of hydrogen-bond donors (Lipinski definition) is 0. The van der Waals surface area contributed by atoms with Crippen LogP contribution in [0.4, 0.5) is 8.78 Å². The number of unbranched alkanes of at least 4 members (excludes halogenated alkanes) is 9. The molecule has 2 aromatic carbocycles. The van der Waals surface area contributed by atoms with Gasteiger partial charge in [0.15, 0.2) is 11.6 Å². The average molecular weight is 487 g/mol. The molecule has 3 rings (SSSR count). The zero-order valence-corrected chi connectivity index (χ0v) is 21.8. The standard InChI is InChI=1S/C31H44F2O2/c1-3-4-5-6-7-8-9-10-11-14-23-35-25-19-17-24(18-20-25)26-21-22-28(31(33)30(26)32)27-15-12-13-16-29(27)34-2/h17-22,27,29H,3-16,23H2,1-2H3/t27-,29+/m1/s1. The van der Waals surface area contributed by atoms with Crippen LogP contribution in [0.15, 0.2) is 36.4 Å². The first-order valence-corrected chi connectivity index (χ1v) is 13.9. The fraction of sp³-hybridized carbons (Fsp3) is 0.613. The van der Waals surface area contributed by atoms with Crippen molar-refractivity contribution in [3.63, 3.8) is 0 Å². The summed E-state index contributed by atoms with van der Waals surface area (Å²) >= 11 is 0. The van der Waals surface area contributed by atoms with E-state index in [1.807, 2.05) is 24.3 Å². The highest BCUT2D eigenvalue weighted by Crippen LogP contribution is 2.38. The zero-order valence-electron chi connectivity index (χ0n) is 21.8. The van der Waals surface area contributed by atoms with E-state index in [1.165, 1.54) is 57.8 Å². The molecule has 2 aromatic rings. The molecule has 2 nitrogen and oxygen atoms in total. The van der Waals surface area contributed by atoms with Crippen LogP contribution in [-0.2, 0) is 4.74 Å². The highest BCUT2D eigenvalue weighted by Gasteiger charge is 2.30. The summed E-state index contributed by atoms with van der Waals surface area (Å²) in [6.45, 7) is 2.94. The van der Waals surface area contributed by atoms with Gasteiger partial charge in [0, 0.05) is 18.6 Å². The Bertz CT molecular complexity index is 865. The third kappa shape index (κ3) is 8.31. The molecule has 1 fully saturated rings. The van der Waals surface area contributed by atoms with Crippen molar-refractivity contribution in [2.75, 3.05) is 13.7 Å². The van der Waals surface area contributed by atoms with Gasteiger partial charge in [0.2, 0.25) is 0 Å². The van der Waals surface area contributed by atoms with Gasteiger partial charge in [-0.15, -0.1) is 0 Å². The lowest BCUT2D eigenvalue weighted by atomic mass is 9.81. The molecule has 0 aromatic heterocycles. The first-order valence-electron chi connectivity index (χ1n) is 13.9. The molecule has 0 heterocycles. The van der Waals surface area contributed by atoms with Crippen LogP contribution in [0.25, 0.3) is 11.1 Å². The van der Waals surface area contributed by atoms with Crippen molar-refractivity contribution < 1.29 is 18.3 Å². The van der Waals surface area contributed by atoms with Crippen LogP contribution in [0.2, 0.25) is 0 Å². The van der Waals surface area contributed by atoms with Gasteiger partial charge in [-0.1, -0.05) is 102 Å². The van der Waals surface area contributed by atoms with Crippen molar-refractivity contribution in [3.8, 4) is 16.9 Å². The maximum Gasteiger partial charge on any atom is 0.166 e. The minimum Gasteiger partial charge on any atom is -0.494 e. The predicted octanol–water partition coefficient (Wildman–Crippen LogP) is 9.60. The van der Waals surface area contributed by atoms with E-state index in [0.29, 0.717) is 17.7 Å². The normalized spacial score (nSPS) is 18.1. The molecule has 0 radical (unpaired) electrons. The van der Waals surface area contributed by atoms with Crippen LogP contribution < -0.4 is 4.74 Å². The number of ether oxygens (including phenoxy) is 2. The predicted molar refractivity (Wildman–Crippen MR) is 141 cm³/mol. The number of hydrogen-bond acceptors (Lipinski definition) is 2. The first-order chi connectivity index (χ1) is 17.2. The highest BCUT2D eigenvalue weighted by atomic mass is 19.2. The molecule has 0 N–H and O–H groups in total. The van der Waals surface area contributed by atoms with Crippen molar-refractivity contribution in [2.24, 2.45) is 0 Å². The SMILES string of the molecule is CCCCCCCCCCCCOc1ccc(-c2ccc([C@H]3CCCC[C@@H]3OC)c(F)c2F)cc1. The van der Waals surface area contributed by atoms with E-state index in [1.54, 1.807) is 19.2 Å². The lowest BCUT2D eigenvalue weighted by Gasteiger charge is -2.31. The molecular formula is C31H44F2O2. The number of rotatable bonds is 15. The fourth-order valence-electron chi connectivity index (χ4n) is 5.32. The van der Waals surface area contributed by atoms with Crippen molar-refractivity contribution in [1.82, 2.24) is 0 Å². The van der Waals surface area contributed by atoms with Gasteiger partial charge in [-0.2, -0.15) is 0 Å². The number of benzene rings is 2. The lowest BCUT2D eigenvalue weighted by molar-refractivity contribution is 0.0511. The minimum absolute atomic E-state index is 0.0459. The molecule has 1 aliphatic rings. The number of methoxy groups -OCH3 is 1. The van der Waals surface area contributed by atoms with Gasteiger partial charge in [0.1, 0.15) is 5.75 Å². The van der Waals surface area contributed by atoms with Crippen LogP contribution in [0.5, 0.6) is 5.75 Å². The van der Waals surface area contributed by atoms with E-state index in [2.05, 4.69) is 6.92 Å². The molecule has 0 saturated heterocycles. The monoisotopic (exact) mass is 486 g/mol. The molecule has 0 aliphatic heterocycles. The highest BCUT2D eigenvalue weighted by molar-refractivity contribution is 5.65. The van der Waals surface area contributed by atoms with Crippen molar-refractivity contribution in [3.05, 3.63) is 53.6 Å². The maximum atomic E-state index is 15.1. The molecular weight excluding hydrogens is 442 g/mol. The smallest absolute Gasteiger partial charge is 0.166 e. The van der Waals surface area contributed by atoms with Crippen LogP contribution in [-0.4, -0.2) is 19.8 Å². The molecule has 2 atom stereocenters. The molecule has 0 unspecified atom stereocenters. The van der Waals surface area contributed by atoms with Gasteiger partial charge in [-0.25, -0.2) is 8.78 Å². The molecule has 1 aliphatic carbocycles. The molecule has 0 spiro atoms. The molecule has 0 bridgehead atoms. The van der Waals surface area contributed by atoms with Crippen LogP contribution in [0.1, 0.15) is 108 Å². The van der Waals surface area contributed by atoms with Gasteiger partial charge in [0.25, 0.3) is 0 Å². The Morgan fingerprint density at radius 1 is 0.743 bits per heavy atom. The van der Waals surface area contributed by atoms with Crippen molar-refractivity contribution >= 4 is 0 Å². The summed E-state index contributed by atoms with van der Waals surface area (Å²) in [5.74, 6) is -0.828. The third-order valence-corrected chi connectivity index (χ3v) is 7.45. The van der Waals surface area contributed by atoms with E-state index >= 15 is 8.78 Å². The molecule has 4 heteroatoms. The zero-order chi connectivity index (χ0) is 24.9. The van der Waals surface area contributed by atoms with Gasteiger partial charge in [-0.3, -0.25) is 0 Å². The van der Waals surface area contributed by atoms with E-state index < -0.39 is 11.6 Å². The minimum atomic E-state index is -0.776. The second-order valence-corrected chi connectivity index (χ2v) is 10.1. The van der Waals surface area contributed by atoms with Crippen LogP contribution >= 0.6 is 0 Å². The Morgan fingerprint density at radius 3 is 2.03 bits per heavy atom. The summed E-state index contributed by atoms with van der Waals surface area (Å²) < 4.78 is 41.5. The Labute approximate surface area is 211 Å². The van der Waals surface area contributed by atoms with E-state index in [4.69, 9.17) is 9.47 Å². The summed E-state index contributed by atoms with van der Waals surface area (Å²) in [5, 5.41) is 0. The average Bonchev–Trinajstić information content (AvgIpc) is 2.89. The van der Waals surface area contributed by atoms with E-state index in [9.17, 15) is 0 Å². The second-order valence-electron chi connectivity index (χ2n) is 10.1. The molecule has 194 valence electrons. The van der Waals surface area contributed by atoms with Crippen molar-refractivity contribution in [2.45, 2.75) is 109 Å². The van der Waals surface area contributed by atoms with Gasteiger partial charge in [-0.05, 0) is 42.5 Å². The topological polar surface area (TPSA) is 18.5 Å². The first kappa shape index (κ1) is 27.6. The van der Waals surface area contributed by atoms with Crippen LogP contribution in [0, 0.1) is 11.6 Å². The Hall–Kier alpha value is -1.94. The third-order valence-electron chi connectivity index (χ3n) is 7.45. The quantitative estimate of drug-likeness (QED) is 0.233. The van der Waals surface area contributed by atoms with Crippen LogP contribution in [0.3, 0.4) is 0 Å². The molecule has 35 heavy (non-hydrogen) atoms. The van der Waals surface area contributed by atoms with E-state index in [-0.39, 0.29) is 17.6 Å². The van der Waals surface area contributed by atoms with Crippen molar-refractivity contribution in [1.29, 1.82) is 0 Å². The van der Waals surface area contributed by atoms with Gasteiger partial charge < -0.3 is 9.47 Å². The van der Waals surface area contributed by atoms with E-state index in [0.717, 1.165) is 37.9 Å². The summed E-state index contributed by atoms with van der Waals surface area (Å²) in [6, 6.07) is 10.8. The largest absolute Gasteiger partial charge is 0.494 e. The Kier molecular flexibility index (Phi) is 12.0. The second kappa shape index (κ2) is 15.2. The molecule has 1 saturated carbocycles. The van der Waals surface area contributed by atoms with Gasteiger partial charge >= 0.3 is 0 Å². The van der Waals surface area contributed by atoms with Gasteiger partial charge in [0.05, 0.1) is 12.7 Å². The molecule has 0 amide bonds.